The molecule has 0 saturated carbocycles. The van der Waals surface area contributed by atoms with Gasteiger partial charge in [0, 0.05) is 12.4 Å². The highest BCUT2D eigenvalue weighted by atomic mass is 16.2. The van der Waals surface area contributed by atoms with E-state index in [0.717, 1.165) is 0 Å². The molecular weight excluding hydrogens is 302 g/mol. The third-order valence-corrected chi connectivity index (χ3v) is 3.87. The van der Waals surface area contributed by atoms with Crippen molar-refractivity contribution < 1.29 is 0 Å². The van der Waals surface area contributed by atoms with Crippen molar-refractivity contribution in [2.75, 3.05) is 0 Å². The smallest absolute Gasteiger partial charge is 0.267 e. The van der Waals surface area contributed by atoms with Crippen molar-refractivity contribution in [3.8, 4) is 11.4 Å². The van der Waals surface area contributed by atoms with Crippen LogP contribution in [0.3, 0.4) is 0 Å². The Morgan fingerprint density at radius 2 is 1.12 bits per heavy atom. The summed E-state index contributed by atoms with van der Waals surface area (Å²) in [5.41, 5.74) is 0.700. The number of nitrogens with zero attached hydrogens (tertiary/aromatic N) is 3. The van der Waals surface area contributed by atoms with Crippen molar-refractivity contribution >= 4 is 10.8 Å². The minimum Gasteiger partial charge on any atom is -0.267 e. The Balaban J connectivity index is 2.23. The molecule has 0 atom stereocenters. The van der Waals surface area contributed by atoms with Crippen molar-refractivity contribution in [2.24, 2.45) is 0 Å². The van der Waals surface area contributed by atoms with E-state index in [2.05, 4.69) is 4.98 Å². The van der Waals surface area contributed by atoms with Gasteiger partial charge in [-0.05, 0) is 30.3 Å². The molecule has 0 unspecified atom stereocenters. The topological polar surface area (TPSA) is 56.9 Å². The van der Waals surface area contributed by atoms with Crippen molar-refractivity contribution in [3.63, 3.8) is 0 Å². The minimum atomic E-state index is -0.284. The quantitative estimate of drug-likeness (QED) is 0.571. The second-order valence-electron chi connectivity index (χ2n) is 5.33. The van der Waals surface area contributed by atoms with Gasteiger partial charge in [0.15, 0.2) is 0 Å². The third-order valence-electron chi connectivity index (χ3n) is 3.87. The first-order valence-corrected chi connectivity index (χ1v) is 7.50. The van der Waals surface area contributed by atoms with Crippen LogP contribution < -0.4 is 11.1 Å². The van der Waals surface area contributed by atoms with Crippen LogP contribution in [-0.2, 0) is 0 Å². The Bertz CT molecular complexity index is 1040. The molecule has 116 valence electrons. The van der Waals surface area contributed by atoms with Crippen LogP contribution in [-0.4, -0.2) is 14.3 Å². The molecule has 2 aromatic carbocycles. The molecule has 24 heavy (non-hydrogen) atoms. The molecule has 0 aliphatic carbocycles. The summed E-state index contributed by atoms with van der Waals surface area (Å²) >= 11 is 0. The summed E-state index contributed by atoms with van der Waals surface area (Å²) in [5.74, 6) is 0. The van der Waals surface area contributed by atoms with Gasteiger partial charge < -0.3 is 0 Å². The molecule has 0 bridgehead atoms. The Labute approximate surface area is 137 Å². The molecule has 0 saturated heterocycles. The highest BCUT2D eigenvalue weighted by molar-refractivity contribution is 5.80. The second kappa shape index (κ2) is 5.62. The van der Waals surface area contributed by atoms with Gasteiger partial charge in [-0.25, -0.2) is 9.36 Å². The van der Waals surface area contributed by atoms with Gasteiger partial charge in [0.1, 0.15) is 0 Å². The van der Waals surface area contributed by atoms with Crippen LogP contribution in [0.5, 0.6) is 0 Å². The zero-order valence-electron chi connectivity index (χ0n) is 12.7. The van der Waals surface area contributed by atoms with Gasteiger partial charge in [-0.3, -0.25) is 14.6 Å². The number of aromatic nitrogens is 3. The minimum absolute atomic E-state index is 0.262. The van der Waals surface area contributed by atoms with Crippen LogP contribution in [0.1, 0.15) is 0 Å². The van der Waals surface area contributed by atoms with Gasteiger partial charge in [0.25, 0.3) is 11.1 Å². The van der Waals surface area contributed by atoms with E-state index >= 15 is 0 Å². The lowest BCUT2D eigenvalue weighted by Crippen LogP contribution is -2.36. The molecule has 0 radical (unpaired) electrons. The Hall–Kier alpha value is -3.47. The van der Waals surface area contributed by atoms with Gasteiger partial charge in [-0.1, -0.05) is 36.4 Å². The normalized spacial score (nSPS) is 10.8. The number of para-hydroxylation sites is 2. The first kappa shape index (κ1) is 14.1. The van der Waals surface area contributed by atoms with Crippen LogP contribution >= 0.6 is 0 Å². The van der Waals surface area contributed by atoms with Crippen LogP contribution in [0, 0.1) is 0 Å². The van der Waals surface area contributed by atoms with Gasteiger partial charge in [-0.2, -0.15) is 0 Å². The molecule has 0 spiro atoms. The zero-order valence-corrected chi connectivity index (χ0v) is 12.7. The van der Waals surface area contributed by atoms with E-state index in [1.54, 1.807) is 30.3 Å². The summed E-state index contributed by atoms with van der Waals surface area (Å²) in [4.78, 5) is 30.1. The molecule has 0 fully saturated rings. The average molecular weight is 315 g/mol. The molecule has 0 N–H and O–H groups in total. The zero-order chi connectivity index (χ0) is 16.5. The summed E-state index contributed by atoms with van der Waals surface area (Å²) in [6.07, 6.45) is 2.96. The number of benzene rings is 2. The molecule has 2 heterocycles. The Kier molecular flexibility index (Phi) is 3.31. The third kappa shape index (κ3) is 2.14. The molecule has 2 aromatic heterocycles. The molecule has 0 aliphatic heterocycles. The van der Waals surface area contributed by atoms with E-state index in [1.807, 2.05) is 36.4 Å². The van der Waals surface area contributed by atoms with Crippen molar-refractivity contribution in [3.05, 3.63) is 99.8 Å². The van der Waals surface area contributed by atoms with E-state index in [0.29, 0.717) is 22.1 Å². The van der Waals surface area contributed by atoms with E-state index in [4.69, 9.17) is 0 Å². The maximum atomic E-state index is 13.1. The first-order valence-electron chi connectivity index (χ1n) is 7.50. The molecule has 0 amide bonds. The highest BCUT2D eigenvalue weighted by Crippen LogP contribution is 2.12. The lowest BCUT2D eigenvalue weighted by molar-refractivity contribution is 0.677. The van der Waals surface area contributed by atoms with Gasteiger partial charge in [0.2, 0.25) is 0 Å². The largest absolute Gasteiger partial charge is 0.279 e. The molecule has 4 aromatic rings. The van der Waals surface area contributed by atoms with E-state index in [1.165, 1.54) is 21.8 Å². The SMILES string of the molecule is O=c1c2ccncc2c(=O)n(-c2ccccc2)n1-c1ccccc1. The molecular formula is C19H13N3O2. The highest BCUT2D eigenvalue weighted by Gasteiger charge is 2.15. The molecule has 5 heteroatoms. The predicted octanol–water partition coefficient (Wildman–Crippen LogP) is 2.54. The van der Waals surface area contributed by atoms with Crippen molar-refractivity contribution in [1.29, 1.82) is 0 Å². The monoisotopic (exact) mass is 315 g/mol. The number of rotatable bonds is 2. The van der Waals surface area contributed by atoms with Crippen LogP contribution in [0.2, 0.25) is 0 Å². The fraction of sp³-hybridized carbons (Fsp3) is 0. The Morgan fingerprint density at radius 1 is 0.625 bits per heavy atom. The predicted molar refractivity (Wildman–Crippen MR) is 92.9 cm³/mol. The number of hydrogen-bond acceptors (Lipinski definition) is 3. The van der Waals surface area contributed by atoms with E-state index in [9.17, 15) is 9.59 Å². The van der Waals surface area contributed by atoms with E-state index < -0.39 is 0 Å². The average Bonchev–Trinajstić information content (AvgIpc) is 2.66. The molecule has 5 nitrogen and oxygen atoms in total. The van der Waals surface area contributed by atoms with Crippen LogP contribution in [0.4, 0.5) is 0 Å². The van der Waals surface area contributed by atoms with Crippen LogP contribution in [0.15, 0.2) is 88.7 Å². The fourth-order valence-electron chi connectivity index (χ4n) is 2.77. The summed E-state index contributed by atoms with van der Waals surface area (Å²) in [7, 11) is 0. The van der Waals surface area contributed by atoms with Crippen molar-refractivity contribution in [1.82, 2.24) is 14.3 Å². The first-order chi connectivity index (χ1) is 11.8. The maximum absolute atomic E-state index is 13.1. The fourth-order valence-corrected chi connectivity index (χ4v) is 2.77. The summed E-state index contributed by atoms with van der Waals surface area (Å²) in [5, 5.41) is 0.657. The van der Waals surface area contributed by atoms with Gasteiger partial charge in [0.05, 0.1) is 22.1 Å². The van der Waals surface area contributed by atoms with Crippen molar-refractivity contribution in [2.45, 2.75) is 0 Å². The molecule has 4 rings (SSSR count). The van der Waals surface area contributed by atoms with Gasteiger partial charge in [-0.15, -0.1) is 0 Å². The summed E-state index contributed by atoms with van der Waals surface area (Å²) < 4.78 is 2.79. The lowest BCUT2D eigenvalue weighted by atomic mass is 10.2. The standard InChI is InChI=1S/C19H13N3O2/c23-18-16-11-12-20-13-17(16)19(24)22(15-9-5-2-6-10-15)21(18)14-7-3-1-4-8-14/h1-13H. The number of fused-ring (bicyclic) bond motifs is 1. The lowest BCUT2D eigenvalue weighted by Gasteiger charge is -2.16. The summed E-state index contributed by atoms with van der Waals surface area (Å²) in [6.45, 7) is 0. The Morgan fingerprint density at radius 3 is 1.67 bits per heavy atom. The van der Waals surface area contributed by atoms with Crippen LogP contribution in [0.25, 0.3) is 22.1 Å². The summed E-state index contributed by atoms with van der Waals surface area (Å²) in [6, 6.07) is 19.8. The van der Waals surface area contributed by atoms with Gasteiger partial charge >= 0.3 is 0 Å². The number of pyridine rings is 1. The number of hydrogen-bond donors (Lipinski definition) is 0. The second-order valence-corrected chi connectivity index (χ2v) is 5.33. The maximum Gasteiger partial charge on any atom is 0.279 e. The van der Waals surface area contributed by atoms with E-state index in [-0.39, 0.29) is 11.1 Å². The molecule has 0 aliphatic rings.